The van der Waals surface area contributed by atoms with Gasteiger partial charge in [0.25, 0.3) is 0 Å². The highest BCUT2D eigenvalue weighted by Crippen LogP contribution is 2.25. The van der Waals surface area contributed by atoms with Gasteiger partial charge in [0.15, 0.2) is 0 Å². The van der Waals surface area contributed by atoms with Crippen LogP contribution >= 0.6 is 0 Å². The zero-order chi connectivity index (χ0) is 20.9. The number of hydrogen-bond acceptors (Lipinski definition) is 5. The third kappa shape index (κ3) is 4.91. The summed E-state index contributed by atoms with van der Waals surface area (Å²) < 4.78 is 38.0. The van der Waals surface area contributed by atoms with Crippen molar-refractivity contribution >= 4 is 16.0 Å². The molecule has 0 spiro atoms. The van der Waals surface area contributed by atoms with E-state index in [9.17, 15) is 13.2 Å². The molecule has 2 aromatic carbocycles. The Morgan fingerprint density at radius 2 is 1.71 bits per heavy atom. The van der Waals surface area contributed by atoms with Crippen molar-refractivity contribution in [1.29, 1.82) is 0 Å². The molecule has 0 amide bonds. The lowest BCUT2D eigenvalue weighted by Crippen LogP contribution is -2.49. The maximum Gasteiger partial charge on any atom is 0.323 e. The van der Waals surface area contributed by atoms with Gasteiger partial charge in [-0.15, -0.1) is 0 Å². The number of nitrogens with zero attached hydrogens (tertiary/aromatic N) is 1. The predicted molar refractivity (Wildman–Crippen MR) is 108 cm³/mol. The molecule has 7 heteroatoms. The zero-order valence-electron chi connectivity index (χ0n) is 16.9. The molecule has 152 valence electrons. The number of ether oxygens (including phenoxy) is 2. The topological polar surface area (TPSA) is 72.9 Å². The van der Waals surface area contributed by atoms with Gasteiger partial charge in [-0.3, -0.25) is 4.79 Å². The van der Waals surface area contributed by atoms with Gasteiger partial charge in [0.05, 0.1) is 19.1 Å². The second kappa shape index (κ2) is 9.21. The van der Waals surface area contributed by atoms with Crippen molar-refractivity contribution in [2.45, 2.75) is 44.2 Å². The standard InChI is InChI=1S/C21H27NO5S/c1-15-9-11-20(12-10-15)28(24,25)22(17(3)21(23)27-5)16(2)13-18-7-6-8-19(14-18)26-4/h6-12,14,16-17H,13H2,1-5H3/t16?,17-/m0/s1. The fourth-order valence-electron chi connectivity index (χ4n) is 3.16. The molecule has 0 fully saturated rings. The van der Waals surface area contributed by atoms with Gasteiger partial charge < -0.3 is 9.47 Å². The van der Waals surface area contributed by atoms with Crippen LogP contribution in [0.4, 0.5) is 0 Å². The molecule has 6 nitrogen and oxygen atoms in total. The van der Waals surface area contributed by atoms with Gasteiger partial charge in [-0.25, -0.2) is 8.42 Å². The molecule has 0 bridgehead atoms. The Kier molecular flexibility index (Phi) is 7.21. The normalized spacial score (nSPS) is 13.8. The molecule has 2 rings (SSSR count). The number of aryl methyl sites for hydroxylation is 1. The summed E-state index contributed by atoms with van der Waals surface area (Å²) in [5.41, 5.74) is 1.86. The van der Waals surface area contributed by atoms with E-state index in [1.807, 2.05) is 31.2 Å². The fourth-order valence-corrected chi connectivity index (χ4v) is 4.94. The van der Waals surface area contributed by atoms with E-state index in [4.69, 9.17) is 9.47 Å². The zero-order valence-corrected chi connectivity index (χ0v) is 17.7. The van der Waals surface area contributed by atoms with Crippen LogP contribution in [0.1, 0.15) is 25.0 Å². The van der Waals surface area contributed by atoms with Crippen LogP contribution in [0.3, 0.4) is 0 Å². The number of hydrogen-bond donors (Lipinski definition) is 0. The minimum absolute atomic E-state index is 0.145. The van der Waals surface area contributed by atoms with Crippen molar-refractivity contribution in [3.05, 3.63) is 59.7 Å². The van der Waals surface area contributed by atoms with Gasteiger partial charge in [0.1, 0.15) is 11.8 Å². The second-order valence-electron chi connectivity index (χ2n) is 6.75. The van der Waals surface area contributed by atoms with Crippen LogP contribution in [0.25, 0.3) is 0 Å². The molecule has 0 aliphatic carbocycles. The summed E-state index contributed by atoms with van der Waals surface area (Å²) in [6, 6.07) is 12.6. The summed E-state index contributed by atoms with van der Waals surface area (Å²) in [5.74, 6) is 0.0897. The van der Waals surface area contributed by atoms with Gasteiger partial charge in [-0.05, 0) is 57.0 Å². The van der Waals surface area contributed by atoms with Gasteiger partial charge >= 0.3 is 5.97 Å². The highest BCUT2D eigenvalue weighted by Gasteiger charge is 2.37. The molecule has 2 aromatic rings. The van der Waals surface area contributed by atoms with Crippen LogP contribution in [0, 0.1) is 6.92 Å². The van der Waals surface area contributed by atoms with E-state index in [2.05, 4.69) is 0 Å². The summed E-state index contributed by atoms with van der Waals surface area (Å²) in [6.07, 6.45) is 0.420. The van der Waals surface area contributed by atoms with Crippen LogP contribution in [0.2, 0.25) is 0 Å². The Hall–Kier alpha value is -2.38. The Bertz CT molecular complexity index is 909. The quantitative estimate of drug-likeness (QED) is 0.631. The lowest BCUT2D eigenvalue weighted by atomic mass is 10.1. The Labute approximate surface area is 167 Å². The largest absolute Gasteiger partial charge is 0.497 e. The molecule has 0 saturated heterocycles. The van der Waals surface area contributed by atoms with E-state index >= 15 is 0 Å². The first-order valence-electron chi connectivity index (χ1n) is 9.01. The third-order valence-electron chi connectivity index (χ3n) is 4.62. The van der Waals surface area contributed by atoms with Crippen LogP contribution in [-0.4, -0.2) is 45.0 Å². The van der Waals surface area contributed by atoms with Crippen LogP contribution in [0.15, 0.2) is 53.4 Å². The number of benzene rings is 2. The number of methoxy groups -OCH3 is 2. The van der Waals surface area contributed by atoms with E-state index in [0.29, 0.717) is 12.2 Å². The molecule has 0 radical (unpaired) electrons. The Balaban J connectivity index is 2.43. The van der Waals surface area contributed by atoms with Crippen molar-refractivity contribution < 1.29 is 22.7 Å². The van der Waals surface area contributed by atoms with Crippen molar-refractivity contribution in [2.24, 2.45) is 0 Å². The molecule has 0 aromatic heterocycles. The Morgan fingerprint density at radius 1 is 1.07 bits per heavy atom. The lowest BCUT2D eigenvalue weighted by Gasteiger charge is -2.32. The molecular weight excluding hydrogens is 378 g/mol. The third-order valence-corrected chi connectivity index (χ3v) is 6.72. The van der Waals surface area contributed by atoms with Gasteiger partial charge in [0.2, 0.25) is 10.0 Å². The number of esters is 1. The van der Waals surface area contributed by atoms with E-state index in [1.54, 1.807) is 45.2 Å². The minimum Gasteiger partial charge on any atom is -0.497 e. The van der Waals surface area contributed by atoms with Crippen molar-refractivity contribution in [3.63, 3.8) is 0 Å². The maximum atomic E-state index is 13.4. The predicted octanol–water partition coefficient (Wildman–Crippen LogP) is 3.19. The second-order valence-corrected chi connectivity index (χ2v) is 8.59. The van der Waals surface area contributed by atoms with Crippen LogP contribution in [0.5, 0.6) is 5.75 Å². The number of sulfonamides is 1. The van der Waals surface area contributed by atoms with Crippen molar-refractivity contribution in [3.8, 4) is 5.75 Å². The highest BCUT2D eigenvalue weighted by atomic mass is 32.2. The van der Waals surface area contributed by atoms with Crippen molar-refractivity contribution in [1.82, 2.24) is 4.31 Å². The average molecular weight is 406 g/mol. The molecule has 28 heavy (non-hydrogen) atoms. The lowest BCUT2D eigenvalue weighted by molar-refractivity contribution is -0.145. The summed E-state index contributed by atoms with van der Waals surface area (Å²) in [7, 11) is -1.07. The molecular formula is C21H27NO5S. The van der Waals surface area contributed by atoms with E-state index < -0.39 is 28.1 Å². The maximum absolute atomic E-state index is 13.4. The molecule has 0 aliphatic rings. The van der Waals surface area contributed by atoms with Gasteiger partial charge in [0, 0.05) is 6.04 Å². The molecule has 0 heterocycles. The summed E-state index contributed by atoms with van der Waals surface area (Å²) in [5, 5.41) is 0. The molecule has 0 saturated carbocycles. The average Bonchev–Trinajstić information content (AvgIpc) is 2.67. The molecule has 0 aliphatic heterocycles. The smallest absolute Gasteiger partial charge is 0.323 e. The SMILES string of the molecule is COC(=O)[C@H](C)N(C(C)Cc1cccc(OC)c1)S(=O)(=O)c1ccc(C)cc1. The van der Waals surface area contributed by atoms with Gasteiger partial charge in [-0.1, -0.05) is 29.8 Å². The first-order chi connectivity index (χ1) is 13.2. The van der Waals surface area contributed by atoms with Crippen LogP contribution in [-0.2, 0) is 26.0 Å². The highest BCUT2D eigenvalue weighted by molar-refractivity contribution is 7.89. The summed E-state index contributed by atoms with van der Waals surface area (Å²) >= 11 is 0. The summed E-state index contributed by atoms with van der Waals surface area (Å²) in [4.78, 5) is 12.3. The van der Waals surface area contributed by atoms with Crippen molar-refractivity contribution in [2.75, 3.05) is 14.2 Å². The number of rotatable bonds is 8. The first-order valence-corrected chi connectivity index (χ1v) is 10.5. The van der Waals surface area contributed by atoms with Gasteiger partial charge in [-0.2, -0.15) is 4.31 Å². The molecule has 1 unspecified atom stereocenters. The van der Waals surface area contributed by atoms with Crippen LogP contribution < -0.4 is 4.74 Å². The molecule has 2 atom stereocenters. The minimum atomic E-state index is -3.91. The Morgan fingerprint density at radius 3 is 2.29 bits per heavy atom. The molecule has 0 N–H and O–H groups in total. The first kappa shape index (κ1) is 21.9. The van der Waals surface area contributed by atoms with E-state index in [-0.39, 0.29) is 4.90 Å². The summed E-state index contributed by atoms with van der Waals surface area (Å²) in [6.45, 7) is 5.21. The number of carbonyl (C=O) groups is 1. The van der Waals surface area contributed by atoms with E-state index in [1.165, 1.54) is 11.4 Å². The number of carbonyl (C=O) groups excluding carboxylic acids is 1. The van der Waals surface area contributed by atoms with E-state index in [0.717, 1.165) is 11.1 Å². The fraction of sp³-hybridized carbons (Fsp3) is 0.381. The monoisotopic (exact) mass is 405 g/mol.